The quantitative estimate of drug-likeness (QED) is 0.0427. The van der Waals surface area contributed by atoms with Gasteiger partial charge in [-0.05, 0) is 116 Å². The highest BCUT2D eigenvalue weighted by Gasteiger charge is 2.45. The number of nitrogens with zero attached hydrogens (tertiary/aromatic N) is 6. The zero-order valence-electron chi connectivity index (χ0n) is 36.8. The topological polar surface area (TPSA) is 182 Å². The predicted octanol–water partition coefficient (Wildman–Crippen LogP) is 10.1. The van der Waals surface area contributed by atoms with E-state index in [0.717, 1.165) is 84.4 Å². The number of carbonyl (C=O) groups excluding carboxylic acids is 2. The molecule has 0 spiro atoms. The third-order valence-electron chi connectivity index (χ3n) is 13.8. The minimum Gasteiger partial charge on any atom is -0.452 e. The Morgan fingerprint density at radius 2 is 1.19 bits per heavy atom. The van der Waals surface area contributed by atoms with Gasteiger partial charge in [0, 0.05) is 77.7 Å². The molecule has 1 N–H and O–H groups in total. The first-order valence-corrected chi connectivity index (χ1v) is 22.8. The fourth-order valence-electron chi connectivity index (χ4n) is 10.4. The molecular formula is C52H51ClN6O8. The Balaban J connectivity index is 0.000000153. The van der Waals surface area contributed by atoms with Crippen LogP contribution < -0.4 is 0 Å². The van der Waals surface area contributed by atoms with Crippen LogP contribution >= 0.6 is 11.6 Å². The maximum Gasteiger partial charge on any atom is 0.339 e. The van der Waals surface area contributed by atoms with Gasteiger partial charge in [0.25, 0.3) is 16.6 Å². The number of rotatable bonds is 11. The van der Waals surface area contributed by atoms with E-state index in [1.807, 2.05) is 66.9 Å². The summed E-state index contributed by atoms with van der Waals surface area (Å²) in [4.78, 5) is 57.8. The Labute approximate surface area is 392 Å². The number of ether oxygens (including phenoxy) is 1. The monoisotopic (exact) mass is 922 g/mol. The van der Waals surface area contributed by atoms with E-state index in [0.29, 0.717) is 23.7 Å². The summed E-state index contributed by atoms with van der Waals surface area (Å²) in [6, 6.07) is 31.0. The number of benzene rings is 4. The first-order chi connectivity index (χ1) is 32.4. The van der Waals surface area contributed by atoms with Gasteiger partial charge in [0.1, 0.15) is 6.10 Å². The standard InChI is InChI=1S/C26H25N3O4.C19H22N2O.C7H4ClNO3/c1-2-17-16-28-13-11-18(17)15-24(28)25(22-10-12-27-23-9-4-3-8-21(22)23)33-26(30)19-6-5-7-20(14-19)29(31)32;1-2-13-12-21-10-8-14(13)11-18(21)19(22)16-7-9-20-17-6-4-3-5-15(16)17;8-7(10)5-2-1-3-6(4-5)9(11)12/h2-10,12,14,17-18,24-25H,1,11,13,15-16H2;2-7,9,13-14,18-19,22H,1,8,10-12H2;1-4H/t17-,18-,24+,25-;13-,14-,18+,19-;/m00./s1. The molecule has 2 unspecified atom stereocenters. The molecule has 6 fully saturated rings. The molecule has 4 aromatic carbocycles. The van der Waals surface area contributed by atoms with Crippen molar-refractivity contribution in [2.45, 2.75) is 50.0 Å². The average molecular weight is 923 g/mol. The van der Waals surface area contributed by atoms with Crippen LogP contribution in [0.1, 0.15) is 69.7 Å². The van der Waals surface area contributed by atoms with Gasteiger partial charge in [0.2, 0.25) is 0 Å². The van der Waals surface area contributed by atoms with Crippen LogP contribution in [0.2, 0.25) is 0 Å². The molecule has 0 saturated carbocycles. The lowest BCUT2D eigenvalue weighted by atomic mass is 9.73. The van der Waals surface area contributed by atoms with Gasteiger partial charge in [-0.25, -0.2) is 4.79 Å². The molecule has 10 atom stereocenters. The van der Waals surface area contributed by atoms with Crippen molar-refractivity contribution in [1.82, 2.24) is 19.8 Å². The largest absolute Gasteiger partial charge is 0.452 e. The Bertz CT molecular complexity index is 2790. The Kier molecular flexibility index (Phi) is 14.6. The summed E-state index contributed by atoms with van der Waals surface area (Å²) < 4.78 is 6.17. The Morgan fingerprint density at radius 3 is 1.70 bits per heavy atom. The second-order valence-electron chi connectivity index (χ2n) is 17.5. The highest BCUT2D eigenvalue weighted by Crippen LogP contribution is 2.44. The summed E-state index contributed by atoms with van der Waals surface area (Å²) in [6.07, 6.45) is 11.0. The second kappa shape index (κ2) is 20.9. The van der Waals surface area contributed by atoms with Gasteiger partial charge in [-0.15, -0.1) is 13.2 Å². The number of aliphatic hydroxyl groups is 1. The molecule has 0 aliphatic carbocycles. The Morgan fingerprint density at radius 1 is 0.701 bits per heavy atom. The average Bonchev–Trinajstić information content (AvgIpc) is 3.37. The van der Waals surface area contributed by atoms with E-state index >= 15 is 0 Å². The van der Waals surface area contributed by atoms with Crippen LogP contribution in [0.4, 0.5) is 11.4 Å². The number of hydrogen-bond donors (Lipinski definition) is 1. The van der Waals surface area contributed by atoms with Gasteiger partial charge < -0.3 is 9.84 Å². The molecule has 4 bridgehead atoms. The van der Waals surface area contributed by atoms with Gasteiger partial charge >= 0.3 is 5.97 Å². The first-order valence-electron chi connectivity index (χ1n) is 22.4. The third-order valence-corrected chi connectivity index (χ3v) is 14.0. The van der Waals surface area contributed by atoms with Gasteiger partial charge in [-0.2, -0.15) is 0 Å². The molecule has 6 aromatic rings. The summed E-state index contributed by atoms with van der Waals surface area (Å²) in [5, 5.41) is 33.8. The zero-order chi connectivity index (χ0) is 47.2. The van der Waals surface area contributed by atoms with Crippen molar-refractivity contribution in [3.8, 4) is 0 Å². The molecular weight excluding hydrogens is 872 g/mol. The lowest BCUT2D eigenvalue weighted by molar-refractivity contribution is -0.385. The molecule has 12 rings (SSSR count). The van der Waals surface area contributed by atoms with E-state index in [1.165, 1.54) is 42.8 Å². The van der Waals surface area contributed by atoms with E-state index in [-0.39, 0.29) is 34.6 Å². The number of fused-ring (bicyclic) bond motifs is 8. The molecule has 6 aliphatic rings. The lowest BCUT2D eigenvalue weighted by Crippen LogP contribution is -2.55. The first kappa shape index (κ1) is 46.8. The molecule has 0 radical (unpaired) electrons. The normalized spacial score (nSPS) is 24.4. The summed E-state index contributed by atoms with van der Waals surface area (Å²) in [5.74, 6) is 1.65. The number of non-ortho nitro benzene ring substituents is 2. The van der Waals surface area contributed by atoms with Crippen LogP contribution in [-0.4, -0.2) is 84.2 Å². The third kappa shape index (κ3) is 10.3. The lowest BCUT2D eigenvalue weighted by Gasteiger charge is -2.51. The van der Waals surface area contributed by atoms with Gasteiger partial charge in [0.15, 0.2) is 0 Å². The van der Waals surface area contributed by atoms with Crippen molar-refractivity contribution >= 4 is 56.0 Å². The summed E-state index contributed by atoms with van der Waals surface area (Å²) in [5.41, 5.74) is 3.75. The minimum atomic E-state index is -0.696. The van der Waals surface area contributed by atoms with Gasteiger partial charge in [0.05, 0.1) is 38.6 Å². The Hall–Kier alpha value is -6.71. The number of nitro groups is 2. The number of esters is 1. The predicted molar refractivity (Wildman–Crippen MR) is 257 cm³/mol. The molecule has 8 heterocycles. The van der Waals surface area contributed by atoms with Crippen LogP contribution in [-0.2, 0) is 4.74 Å². The summed E-state index contributed by atoms with van der Waals surface area (Å²) >= 11 is 5.12. The van der Waals surface area contributed by atoms with Crippen molar-refractivity contribution in [2.24, 2.45) is 23.7 Å². The molecule has 6 aliphatic heterocycles. The van der Waals surface area contributed by atoms with E-state index in [2.05, 4.69) is 45.1 Å². The van der Waals surface area contributed by atoms with E-state index in [9.17, 15) is 34.9 Å². The number of piperidine rings is 6. The maximum absolute atomic E-state index is 13.2. The van der Waals surface area contributed by atoms with Crippen molar-refractivity contribution in [3.05, 3.63) is 189 Å². The maximum atomic E-state index is 13.2. The molecule has 67 heavy (non-hydrogen) atoms. The zero-order valence-corrected chi connectivity index (χ0v) is 37.5. The fourth-order valence-corrected chi connectivity index (χ4v) is 10.5. The highest BCUT2D eigenvalue weighted by molar-refractivity contribution is 6.67. The van der Waals surface area contributed by atoms with Crippen LogP contribution in [0.3, 0.4) is 0 Å². The number of para-hydroxylation sites is 2. The van der Waals surface area contributed by atoms with E-state index in [4.69, 9.17) is 16.3 Å². The smallest absolute Gasteiger partial charge is 0.339 e. The van der Waals surface area contributed by atoms with Crippen molar-refractivity contribution in [3.63, 3.8) is 0 Å². The van der Waals surface area contributed by atoms with Crippen molar-refractivity contribution < 1.29 is 29.3 Å². The second-order valence-corrected chi connectivity index (χ2v) is 17.8. The number of carbonyl (C=O) groups is 2. The van der Waals surface area contributed by atoms with Crippen LogP contribution in [0.15, 0.2) is 147 Å². The highest BCUT2D eigenvalue weighted by atomic mass is 35.5. The summed E-state index contributed by atoms with van der Waals surface area (Å²) in [7, 11) is 0. The molecule has 15 heteroatoms. The number of aliphatic hydroxyl groups excluding tert-OH is 1. The molecule has 344 valence electrons. The number of halogens is 1. The number of hydrogen-bond acceptors (Lipinski definition) is 12. The van der Waals surface area contributed by atoms with Crippen molar-refractivity contribution in [2.75, 3.05) is 26.2 Å². The fraction of sp³-hybridized carbons (Fsp3) is 0.308. The molecule has 2 aromatic heterocycles. The molecule has 6 saturated heterocycles. The minimum absolute atomic E-state index is 0.0217. The molecule has 14 nitrogen and oxygen atoms in total. The van der Waals surface area contributed by atoms with Crippen molar-refractivity contribution in [1.29, 1.82) is 0 Å². The van der Waals surface area contributed by atoms with E-state index < -0.39 is 33.3 Å². The van der Waals surface area contributed by atoms with Crippen LogP contribution in [0.25, 0.3) is 21.8 Å². The molecule has 0 amide bonds. The van der Waals surface area contributed by atoms with Gasteiger partial charge in [-0.3, -0.25) is 44.8 Å². The number of nitro benzene ring substituents is 2. The van der Waals surface area contributed by atoms with Crippen LogP contribution in [0, 0.1) is 43.9 Å². The van der Waals surface area contributed by atoms with Crippen LogP contribution in [0.5, 0.6) is 0 Å². The number of aromatic nitrogens is 2. The summed E-state index contributed by atoms with van der Waals surface area (Å²) in [6.45, 7) is 12.0. The SMILES string of the molecule is C=C[C@H]1CN2CC[C@H]1C[C@@H]2[C@@H](O)c1ccnc2ccccc12.C=C[C@H]1CN2CC[C@H]1C[C@@H]2[C@@H](OC(=O)c1cccc([N+](=O)[O-])c1)c1ccnc2ccccc12.O=C(Cl)c1cccc([N+](=O)[O-])c1. The van der Waals surface area contributed by atoms with Gasteiger partial charge in [-0.1, -0.05) is 60.7 Å². The van der Waals surface area contributed by atoms with E-state index in [1.54, 1.807) is 12.3 Å². The number of pyridine rings is 2.